The molecule has 1 saturated carbocycles. The van der Waals surface area contributed by atoms with E-state index in [1.165, 1.54) is 18.2 Å². The van der Waals surface area contributed by atoms with Gasteiger partial charge in [0.1, 0.15) is 0 Å². The SMILES string of the molecule is O=C(NCC1CCC(O)CC1)c1cccc([N+](=O)[O-])c1. The molecule has 0 aromatic heterocycles. The molecular formula is C14H18N2O4. The highest BCUT2D eigenvalue weighted by atomic mass is 16.6. The number of benzene rings is 1. The predicted octanol–water partition coefficient (Wildman–Crippen LogP) is 1.88. The molecule has 1 fully saturated rings. The topological polar surface area (TPSA) is 92.5 Å². The Hall–Kier alpha value is -1.95. The van der Waals surface area contributed by atoms with Crippen molar-refractivity contribution in [2.24, 2.45) is 5.92 Å². The van der Waals surface area contributed by atoms with Crippen molar-refractivity contribution in [1.82, 2.24) is 5.32 Å². The van der Waals surface area contributed by atoms with Crippen molar-refractivity contribution < 1.29 is 14.8 Å². The molecular weight excluding hydrogens is 260 g/mol. The molecule has 6 nitrogen and oxygen atoms in total. The summed E-state index contributed by atoms with van der Waals surface area (Å²) in [6.45, 7) is 0.550. The molecule has 108 valence electrons. The number of aliphatic hydroxyl groups is 1. The van der Waals surface area contributed by atoms with Crippen LogP contribution in [-0.2, 0) is 0 Å². The van der Waals surface area contributed by atoms with Crippen LogP contribution in [0, 0.1) is 16.0 Å². The van der Waals surface area contributed by atoms with Gasteiger partial charge in [0, 0.05) is 24.2 Å². The number of carbonyl (C=O) groups excluding carboxylic acids is 1. The molecule has 1 aliphatic carbocycles. The van der Waals surface area contributed by atoms with E-state index in [0.717, 1.165) is 25.7 Å². The van der Waals surface area contributed by atoms with Gasteiger partial charge in [0.05, 0.1) is 11.0 Å². The van der Waals surface area contributed by atoms with Crippen molar-refractivity contribution in [3.63, 3.8) is 0 Å². The Morgan fingerprint density at radius 1 is 1.35 bits per heavy atom. The summed E-state index contributed by atoms with van der Waals surface area (Å²) in [5.41, 5.74) is 0.216. The van der Waals surface area contributed by atoms with Crippen LogP contribution in [0.1, 0.15) is 36.0 Å². The van der Waals surface area contributed by atoms with E-state index < -0.39 is 4.92 Å². The van der Waals surface area contributed by atoms with Gasteiger partial charge in [-0.2, -0.15) is 0 Å². The van der Waals surface area contributed by atoms with E-state index in [4.69, 9.17) is 0 Å². The van der Waals surface area contributed by atoms with E-state index in [0.29, 0.717) is 18.0 Å². The zero-order valence-corrected chi connectivity index (χ0v) is 11.1. The highest BCUT2D eigenvalue weighted by Gasteiger charge is 2.20. The molecule has 0 bridgehead atoms. The first-order valence-corrected chi connectivity index (χ1v) is 6.77. The lowest BCUT2D eigenvalue weighted by Crippen LogP contribution is -2.32. The largest absolute Gasteiger partial charge is 0.393 e. The monoisotopic (exact) mass is 278 g/mol. The molecule has 1 aromatic rings. The number of nitrogens with one attached hydrogen (secondary N) is 1. The van der Waals surface area contributed by atoms with Gasteiger partial charge < -0.3 is 10.4 Å². The van der Waals surface area contributed by atoms with Gasteiger partial charge in [0.15, 0.2) is 0 Å². The molecule has 0 spiro atoms. The van der Waals surface area contributed by atoms with Gasteiger partial charge in [0.25, 0.3) is 11.6 Å². The van der Waals surface area contributed by atoms with Crippen molar-refractivity contribution in [1.29, 1.82) is 0 Å². The number of hydrogen-bond donors (Lipinski definition) is 2. The molecule has 2 N–H and O–H groups in total. The van der Waals surface area contributed by atoms with Gasteiger partial charge in [-0.3, -0.25) is 14.9 Å². The molecule has 2 rings (SSSR count). The van der Waals surface area contributed by atoms with E-state index in [9.17, 15) is 20.0 Å². The maximum atomic E-state index is 11.9. The van der Waals surface area contributed by atoms with Gasteiger partial charge in [-0.05, 0) is 37.7 Å². The van der Waals surface area contributed by atoms with Crippen molar-refractivity contribution in [3.8, 4) is 0 Å². The highest BCUT2D eigenvalue weighted by molar-refractivity contribution is 5.94. The summed E-state index contributed by atoms with van der Waals surface area (Å²) in [5.74, 6) is 0.0841. The molecule has 0 saturated heterocycles. The Kier molecular flexibility index (Phi) is 4.68. The van der Waals surface area contributed by atoms with Gasteiger partial charge in [0.2, 0.25) is 0 Å². The zero-order chi connectivity index (χ0) is 14.5. The second kappa shape index (κ2) is 6.47. The van der Waals surface area contributed by atoms with Crippen LogP contribution in [0.5, 0.6) is 0 Å². The summed E-state index contributed by atoms with van der Waals surface area (Å²) in [5, 5.41) is 22.9. The van der Waals surface area contributed by atoms with Crippen LogP contribution in [0.4, 0.5) is 5.69 Å². The molecule has 0 aliphatic heterocycles. The zero-order valence-electron chi connectivity index (χ0n) is 11.1. The second-order valence-electron chi connectivity index (χ2n) is 5.19. The van der Waals surface area contributed by atoms with E-state index in [2.05, 4.69) is 5.32 Å². The number of nitro groups is 1. The Labute approximate surface area is 117 Å². The summed E-state index contributed by atoms with van der Waals surface area (Å²) in [6, 6.07) is 5.70. The Morgan fingerprint density at radius 3 is 2.70 bits per heavy atom. The first kappa shape index (κ1) is 14.5. The van der Waals surface area contributed by atoms with Crippen molar-refractivity contribution in [2.75, 3.05) is 6.54 Å². The smallest absolute Gasteiger partial charge is 0.270 e. The van der Waals surface area contributed by atoms with Crippen LogP contribution >= 0.6 is 0 Å². The highest BCUT2D eigenvalue weighted by Crippen LogP contribution is 2.23. The van der Waals surface area contributed by atoms with E-state index in [1.807, 2.05) is 0 Å². The third kappa shape index (κ3) is 3.77. The van der Waals surface area contributed by atoms with Gasteiger partial charge in [-0.15, -0.1) is 0 Å². The fourth-order valence-corrected chi connectivity index (χ4v) is 2.45. The van der Waals surface area contributed by atoms with Crippen LogP contribution in [-0.4, -0.2) is 28.6 Å². The first-order chi connectivity index (χ1) is 9.56. The summed E-state index contributed by atoms with van der Waals surface area (Å²) >= 11 is 0. The summed E-state index contributed by atoms with van der Waals surface area (Å²) in [4.78, 5) is 22.1. The lowest BCUT2D eigenvalue weighted by atomic mass is 9.87. The number of non-ortho nitro benzene ring substituents is 1. The van der Waals surface area contributed by atoms with Gasteiger partial charge >= 0.3 is 0 Å². The minimum absolute atomic E-state index is 0.0848. The van der Waals surface area contributed by atoms with Gasteiger partial charge in [-0.1, -0.05) is 6.07 Å². The fraction of sp³-hybridized carbons (Fsp3) is 0.500. The number of nitro benzene ring substituents is 1. The maximum absolute atomic E-state index is 11.9. The molecule has 0 radical (unpaired) electrons. The van der Waals surface area contributed by atoms with Crippen molar-refractivity contribution in [3.05, 3.63) is 39.9 Å². The Balaban J connectivity index is 1.88. The number of hydrogen-bond acceptors (Lipinski definition) is 4. The molecule has 0 atom stereocenters. The standard InChI is InChI=1S/C14H18N2O4/c17-13-6-4-10(5-7-13)9-15-14(18)11-2-1-3-12(8-11)16(19)20/h1-3,8,10,13,17H,4-7,9H2,(H,15,18). The van der Waals surface area contributed by atoms with Crippen LogP contribution in [0.25, 0.3) is 0 Å². The molecule has 1 aliphatic rings. The van der Waals surface area contributed by atoms with Crippen molar-refractivity contribution in [2.45, 2.75) is 31.8 Å². The number of carbonyl (C=O) groups is 1. The summed E-state index contributed by atoms with van der Waals surface area (Å²) < 4.78 is 0. The molecule has 6 heteroatoms. The number of rotatable bonds is 4. The molecule has 0 unspecified atom stereocenters. The average molecular weight is 278 g/mol. The average Bonchev–Trinajstić information content (AvgIpc) is 2.46. The Morgan fingerprint density at radius 2 is 2.05 bits per heavy atom. The second-order valence-corrected chi connectivity index (χ2v) is 5.19. The molecule has 0 heterocycles. The molecule has 1 aromatic carbocycles. The maximum Gasteiger partial charge on any atom is 0.270 e. The summed E-state index contributed by atoms with van der Waals surface area (Å²) in [7, 11) is 0. The van der Waals surface area contributed by atoms with Crippen LogP contribution in [0.3, 0.4) is 0 Å². The van der Waals surface area contributed by atoms with Crippen LogP contribution < -0.4 is 5.32 Å². The minimum Gasteiger partial charge on any atom is -0.393 e. The van der Waals surface area contributed by atoms with Crippen LogP contribution in [0.15, 0.2) is 24.3 Å². The predicted molar refractivity (Wildman–Crippen MR) is 73.4 cm³/mol. The Bertz CT molecular complexity index is 496. The lowest BCUT2D eigenvalue weighted by Gasteiger charge is -2.25. The number of nitrogens with zero attached hydrogens (tertiary/aromatic N) is 1. The molecule has 1 amide bonds. The third-order valence-corrected chi connectivity index (χ3v) is 3.69. The third-order valence-electron chi connectivity index (χ3n) is 3.69. The quantitative estimate of drug-likeness (QED) is 0.649. The lowest BCUT2D eigenvalue weighted by molar-refractivity contribution is -0.384. The number of amides is 1. The normalized spacial score (nSPS) is 22.2. The van der Waals surface area contributed by atoms with E-state index in [1.54, 1.807) is 6.07 Å². The minimum atomic E-state index is -0.515. The number of aliphatic hydroxyl groups excluding tert-OH is 1. The van der Waals surface area contributed by atoms with Crippen LogP contribution in [0.2, 0.25) is 0 Å². The fourth-order valence-electron chi connectivity index (χ4n) is 2.45. The summed E-state index contributed by atoms with van der Waals surface area (Å²) in [6.07, 6.45) is 3.14. The van der Waals surface area contributed by atoms with Gasteiger partial charge in [-0.25, -0.2) is 0 Å². The van der Waals surface area contributed by atoms with E-state index >= 15 is 0 Å². The first-order valence-electron chi connectivity index (χ1n) is 6.77. The molecule has 20 heavy (non-hydrogen) atoms. The van der Waals surface area contributed by atoms with E-state index in [-0.39, 0.29) is 17.7 Å². The van der Waals surface area contributed by atoms with Crippen molar-refractivity contribution >= 4 is 11.6 Å².